The summed E-state index contributed by atoms with van der Waals surface area (Å²) in [5, 5.41) is 19.6. The number of likely N-dealkylation sites (tertiary alicyclic amines) is 1. The van der Waals surface area contributed by atoms with Crippen molar-refractivity contribution >= 4 is 0 Å². The van der Waals surface area contributed by atoms with Gasteiger partial charge in [0, 0.05) is 45.9 Å². The summed E-state index contributed by atoms with van der Waals surface area (Å²) < 4.78 is 11.4. The Hall–Kier alpha value is -1.38. The highest BCUT2D eigenvalue weighted by atomic mass is 16.5. The maximum absolute atomic E-state index is 10.4. The van der Waals surface area contributed by atoms with Crippen molar-refractivity contribution < 1.29 is 19.7 Å². The second-order valence-corrected chi connectivity index (χ2v) is 8.79. The van der Waals surface area contributed by atoms with Crippen molar-refractivity contribution in [2.45, 2.75) is 31.9 Å². The summed E-state index contributed by atoms with van der Waals surface area (Å²) in [6.07, 6.45) is 2.70. The molecule has 0 saturated carbocycles. The molecule has 2 saturated heterocycles. The number of ether oxygens (including phenoxy) is 2. The Morgan fingerprint density at radius 1 is 1.03 bits per heavy atom. The number of methoxy groups -OCH3 is 1. The van der Waals surface area contributed by atoms with Gasteiger partial charge in [-0.3, -0.25) is 9.80 Å². The van der Waals surface area contributed by atoms with Crippen molar-refractivity contribution in [3.63, 3.8) is 0 Å². The van der Waals surface area contributed by atoms with Crippen LogP contribution in [0.3, 0.4) is 0 Å². The Morgan fingerprint density at radius 3 is 2.43 bits per heavy atom. The fourth-order valence-corrected chi connectivity index (χ4v) is 4.37. The van der Waals surface area contributed by atoms with Crippen LogP contribution in [0, 0.1) is 5.92 Å². The maximum atomic E-state index is 10.4. The molecule has 170 valence electrons. The van der Waals surface area contributed by atoms with Gasteiger partial charge in [0.2, 0.25) is 0 Å². The van der Waals surface area contributed by atoms with Crippen LogP contribution < -0.4 is 9.47 Å². The van der Waals surface area contributed by atoms with Crippen molar-refractivity contribution in [2.75, 3.05) is 73.2 Å². The highest BCUT2D eigenvalue weighted by molar-refractivity contribution is 5.43. The molecule has 2 aliphatic rings. The molecule has 0 amide bonds. The number of aliphatic hydroxyl groups excluding tert-OH is 2. The summed E-state index contributed by atoms with van der Waals surface area (Å²) in [4.78, 5) is 7.06. The summed E-state index contributed by atoms with van der Waals surface area (Å²) in [6, 6.07) is 6.09. The minimum atomic E-state index is -0.521. The zero-order chi connectivity index (χ0) is 21.3. The predicted octanol–water partition coefficient (Wildman–Crippen LogP) is 1.28. The van der Waals surface area contributed by atoms with Crippen molar-refractivity contribution in [2.24, 2.45) is 5.92 Å². The van der Waals surface area contributed by atoms with E-state index in [-0.39, 0.29) is 6.61 Å². The van der Waals surface area contributed by atoms with E-state index in [1.807, 2.05) is 12.1 Å². The van der Waals surface area contributed by atoms with E-state index in [2.05, 4.69) is 27.8 Å². The van der Waals surface area contributed by atoms with Crippen LogP contribution in [0.15, 0.2) is 18.2 Å². The number of hydrogen-bond acceptors (Lipinski definition) is 7. The van der Waals surface area contributed by atoms with E-state index in [1.165, 1.54) is 5.56 Å². The topological polar surface area (TPSA) is 68.6 Å². The average Bonchev–Trinajstić information content (AvgIpc) is 2.76. The van der Waals surface area contributed by atoms with Gasteiger partial charge < -0.3 is 24.6 Å². The average molecular weight is 422 g/mol. The third kappa shape index (κ3) is 7.10. The first kappa shape index (κ1) is 23.3. The van der Waals surface area contributed by atoms with Crippen LogP contribution in [-0.4, -0.2) is 104 Å². The lowest BCUT2D eigenvalue weighted by atomic mass is 9.94. The van der Waals surface area contributed by atoms with Gasteiger partial charge in [0.1, 0.15) is 12.7 Å². The summed E-state index contributed by atoms with van der Waals surface area (Å²) in [7, 11) is 3.78. The molecule has 0 radical (unpaired) electrons. The molecule has 0 spiro atoms. The van der Waals surface area contributed by atoms with Crippen LogP contribution >= 0.6 is 0 Å². The maximum Gasteiger partial charge on any atom is 0.161 e. The first-order valence-electron chi connectivity index (χ1n) is 11.3. The Balaban J connectivity index is 1.49. The van der Waals surface area contributed by atoms with E-state index in [0.29, 0.717) is 30.6 Å². The minimum Gasteiger partial charge on any atom is -0.493 e. The number of β-amino-alcohol motifs (C(OH)–C–C–N with tert-alkyl or cyclic N) is 1. The quantitative estimate of drug-likeness (QED) is 0.590. The number of aliphatic hydroxyl groups is 2. The van der Waals surface area contributed by atoms with Crippen LogP contribution in [0.2, 0.25) is 0 Å². The van der Waals surface area contributed by atoms with Gasteiger partial charge in [0.05, 0.1) is 7.11 Å². The molecule has 2 fully saturated rings. The summed E-state index contributed by atoms with van der Waals surface area (Å²) >= 11 is 0. The van der Waals surface area contributed by atoms with Gasteiger partial charge in [-0.05, 0) is 63.0 Å². The molecule has 1 atom stereocenters. The molecule has 2 heterocycles. The molecule has 0 aromatic heterocycles. The molecular formula is C23H39N3O4. The third-order valence-electron chi connectivity index (χ3n) is 6.37. The van der Waals surface area contributed by atoms with Crippen LogP contribution in [0.4, 0.5) is 0 Å². The second-order valence-electron chi connectivity index (χ2n) is 8.79. The number of nitrogens with zero attached hydrogens (tertiary/aromatic N) is 3. The normalized spacial score (nSPS) is 20.9. The van der Waals surface area contributed by atoms with Crippen LogP contribution in [0.25, 0.3) is 0 Å². The molecular weight excluding hydrogens is 382 g/mol. The standard InChI is InChI=1S/C23H39N3O4/c1-24-10-12-26(13-11-24)17-21(28)18-30-23-15-20(3-4-22(23)29-2)16-25-8-5-19(6-9-25)7-14-27/h3-4,15,19,21,27-28H,5-14,16-18H2,1-2H3/t21-/m0/s1. The smallest absolute Gasteiger partial charge is 0.161 e. The molecule has 1 aromatic carbocycles. The van der Waals surface area contributed by atoms with Gasteiger partial charge in [0.25, 0.3) is 0 Å². The highest BCUT2D eigenvalue weighted by Gasteiger charge is 2.20. The van der Waals surface area contributed by atoms with Crippen LogP contribution in [0.1, 0.15) is 24.8 Å². The van der Waals surface area contributed by atoms with Gasteiger partial charge in [-0.15, -0.1) is 0 Å². The van der Waals surface area contributed by atoms with Gasteiger partial charge in [-0.1, -0.05) is 6.07 Å². The van der Waals surface area contributed by atoms with Gasteiger partial charge >= 0.3 is 0 Å². The Morgan fingerprint density at radius 2 is 1.77 bits per heavy atom. The molecule has 0 aliphatic carbocycles. The summed E-state index contributed by atoms with van der Waals surface area (Å²) in [5.41, 5.74) is 1.19. The zero-order valence-electron chi connectivity index (χ0n) is 18.6. The van der Waals surface area contributed by atoms with Gasteiger partial charge in [0.15, 0.2) is 11.5 Å². The third-order valence-corrected chi connectivity index (χ3v) is 6.37. The first-order chi connectivity index (χ1) is 14.6. The van der Waals surface area contributed by atoms with Crippen molar-refractivity contribution in [1.29, 1.82) is 0 Å². The lowest BCUT2D eigenvalue weighted by Crippen LogP contribution is -2.47. The molecule has 7 nitrogen and oxygen atoms in total. The van der Waals surface area contributed by atoms with Crippen molar-refractivity contribution in [3.8, 4) is 11.5 Å². The lowest BCUT2D eigenvalue weighted by molar-refractivity contribution is 0.0497. The lowest BCUT2D eigenvalue weighted by Gasteiger charge is -2.33. The number of rotatable bonds is 10. The predicted molar refractivity (Wildman–Crippen MR) is 118 cm³/mol. The van der Waals surface area contributed by atoms with Gasteiger partial charge in [-0.25, -0.2) is 0 Å². The number of likely N-dealkylation sites (N-methyl/N-ethyl adjacent to an activating group) is 1. The van der Waals surface area contributed by atoms with E-state index in [0.717, 1.165) is 65.1 Å². The van der Waals surface area contributed by atoms with E-state index in [1.54, 1.807) is 7.11 Å². The second kappa shape index (κ2) is 11.9. The molecule has 2 aliphatic heterocycles. The van der Waals surface area contributed by atoms with Gasteiger partial charge in [-0.2, -0.15) is 0 Å². The molecule has 7 heteroatoms. The molecule has 3 rings (SSSR count). The fraction of sp³-hybridized carbons (Fsp3) is 0.739. The van der Waals surface area contributed by atoms with E-state index < -0.39 is 6.10 Å². The Bertz CT molecular complexity index is 629. The first-order valence-corrected chi connectivity index (χ1v) is 11.3. The SMILES string of the molecule is COc1ccc(CN2CCC(CCO)CC2)cc1OC[C@@H](O)CN1CCN(C)CC1. The number of hydrogen-bond donors (Lipinski definition) is 2. The number of piperazine rings is 1. The molecule has 0 unspecified atom stereocenters. The number of piperidine rings is 1. The molecule has 0 bridgehead atoms. The molecule has 30 heavy (non-hydrogen) atoms. The summed E-state index contributed by atoms with van der Waals surface area (Å²) in [5.74, 6) is 2.05. The Kier molecular flexibility index (Phi) is 9.21. The van der Waals surface area contributed by atoms with Crippen molar-refractivity contribution in [1.82, 2.24) is 14.7 Å². The Labute approximate surface area is 181 Å². The monoisotopic (exact) mass is 421 g/mol. The fourth-order valence-electron chi connectivity index (χ4n) is 4.37. The largest absolute Gasteiger partial charge is 0.493 e. The molecule has 2 N–H and O–H groups in total. The molecule has 1 aromatic rings. The van der Waals surface area contributed by atoms with Crippen LogP contribution in [-0.2, 0) is 6.54 Å². The van der Waals surface area contributed by atoms with Crippen molar-refractivity contribution in [3.05, 3.63) is 23.8 Å². The van der Waals surface area contributed by atoms with E-state index in [4.69, 9.17) is 14.6 Å². The minimum absolute atomic E-state index is 0.263. The van der Waals surface area contributed by atoms with E-state index >= 15 is 0 Å². The number of benzene rings is 1. The van der Waals surface area contributed by atoms with Crippen LogP contribution in [0.5, 0.6) is 11.5 Å². The zero-order valence-corrected chi connectivity index (χ0v) is 18.6. The summed E-state index contributed by atoms with van der Waals surface area (Å²) in [6.45, 7) is 8.27. The van der Waals surface area contributed by atoms with E-state index in [9.17, 15) is 5.11 Å². The highest BCUT2D eigenvalue weighted by Crippen LogP contribution is 2.29.